The number of hydrogen-bond acceptors (Lipinski definition) is 6. The van der Waals surface area contributed by atoms with Gasteiger partial charge in [-0.2, -0.15) is 5.10 Å². The molecule has 4 aromatic rings. The standard InChI is InChI=1S/C28H20BrN3O5/c29-21-8-4-7-20(15-21)24-12-10-22(37-24)16-30-32-28(34)23(31-27(33)19-5-2-1-3-6-19)13-18-9-11-25-26(14-18)36-17-35-25/h1-16H,17H2,(H,31,33)(H,32,34). The van der Waals surface area contributed by atoms with E-state index in [9.17, 15) is 9.59 Å². The fourth-order valence-electron chi connectivity index (χ4n) is 3.55. The Morgan fingerprint density at radius 2 is 1.73 bits per heavy atom. The molecule has 0 saturated carbocycles. The van der Waals surface area contributed by atoms with Gasteiger partial charge >= 0.3 is 0 Å². The summed E-state index contributed by atoms with van der Waals surface area (Å²) in [7, 11) is 0. The summed E-state index contributed by atoms with van der Waals surface area (Å²) in [6, 6.07) is 25.1. The molecule has 2 heterocycles. The summed E-state index contributed by atoms with van der Waals surface area (Å²) in [6.07, 6.45) is 2.92. The van der Waals surface area contributed by atoms with Gasteiger partial charge in [-0.15, -0.1) is 0 Å². The fourth-order valence-corrected chi connectivity index (χ4v) is 3.95. The van der Waals surface area contributed by atoms with Crippen LogP contribution in [0, 0.1) is 0 Å². The molecule has 2 N–H and O–H groups in total. The highest BCUT2D eigenvalue weighted by atomic mass is 79.9. The predicted molar refractivity (Wildman–Crippen MR) is 142 cm³/mol. The Morgan fingerprint density at radius 3 is 2.57 bits per heavy atom. The number of fused-ring (bicyclic) bond motifs is 1. The monoisotopic (exact) mass is 557 g/mol. The topological polar surface area (TPSA) is 102 Å². The molecular formula is C28H20BrN3O5. The first-order valence-electron chi connectivity index (χ1n) is 11.2. The lowest BCUT2D eigenvalue weighted by molar-refractivity contribution is -0.117. The largest absolute Gasteiger partial charge is 0.455 e. The van der Waals surface area contributed by atoms with Crippen LogP contribution < -0.4 is 20.2 Å². The Balaban J connectivity index is 1.33. The van der Waals surface area contributed by atoms with Gasteiger partial charge in [0, 0.05) is 15.6 Å². The zero-order chi connectivity index (χ0) is 25.6. The summed E-state index contributed by atoms with van der Waals surface area (Å²) in [4.78, 5) is 25.8. The van der Waals surface area contributed by atoms with Crippen LogP contribution in [0.3, 0.4) is 0 Å². The van der Waals surface area contributed by atoms with Crippen LogP contribution in [-0.2, 0) is 4.79 Å². The van der Waals surface area contributed by atoms with Crippen molar-refractivity contribution in [1.82, 2.24) is 10.7 Å². The van der Waals surface area contributed by atoms with E-state index in [1.165, 1.54) is 12.3 Å². The van der Waals surface area contributed by atoms with E-state index in [0.717, 1.165) is 10.0 Å². The van der Waals surface area contributed by atoms with Crippen LogP contribution >= 0.6 is 15.9 Å². The summed E-state index contributed by atoms with van der Waals surface area (Å²) >= 11 is 3.44. The van der Waals surface area contributed by atoms with Gasteiger partial charge in [-0.05, 0) is 60.2 Å². The van der Waals surface area contributed by atoms with E-state index in [0.29, 0.717) is 34.1 Å². The van der Waals surface area contributed by atoms with E-state index in [2.05, 4.69) is 31.8 Å². The van der Waals surface area contributed by atoms with E-state index in [4.69, 9.17) is 13.9 Å². The fraction of sp³-hybridized carbons (Fsp3) is 0.0357. The Bertz CT molecular complexity index is 1510. The van der Waals surface area contributed by atoms with Crippen molar-refractivity contribution in [1.29, 1.82) is 0 Å². The molecule has 8 nitrogen and oxygen atoms in total. The first-order valence-corrected chi connectivity index (χ1v) is 12.0. The quantitative estimate of drug-likeness (QED) is 0.181. The van der Waals surface area contributed by atoms with Crippen LogP contribution in [-0.4, -0.2) is 24.8 Å². The third-order valence-electron chi connectivity index (χ3n) is 5.33. The number of nitrogens with one attached hydrogen (secondary N) is 2. The number of ether oxygens (including phenoxy) is 2. The van der Waals surface area contributed by atoms with Crippen LogP contribution in [0.2, 0.25) is 0 Å². The molecule has 1 aromatic heterocycles. The molecule has 0 atom stereocenters. The van der Waals surface area contributed by atoms with Gasteiger partial charge in [-0.25, -0.2) is 5.43 Å². The summed E-state index contributed by atoms with van der Waals surface area (Å²) < 4.78 is 17.5. The lowest BCUT2D eigenvalue weighted by atomic mass is 10.1. The molecule has 5 rings (SSSR count). The minimum absolute atomic E-state index is 0.000798. The van der Waals surface area contributed by atoms with Crippen molar-refractivity contribution >= 4 is 40.0 Å². The van der Waals surface area contributed by atoms with E-state index in [-0.39, 0.29) is 12.5 Å². The Hall–Kier alpha value is -4.63. The minimum Gasteiger partial charge on any atom is -0.455 e. The Labute approximate surface area is 220 Å². The molecule has 0 bridgehead atoms. The van der Waals surface area contributed by atoms with Gasteiger partial charge < -0.3 is 19.2 Å². The van der Waals surface area contributed by atoms with Crippen molar-refractivity contribution in [2.75, 3.05) is 6.79 Å². The first-order chi connectivity index (χ1) is 18.0. The highest BCUT2D eigenvalue weighted by Crippen LogP contribution is 2.33. The van der Waals surface area contributed by atoms with Gasteiger partial charge in [0.15, 0.2) is 11.5 Å². The average molecular weight is 558 g/mol. The molecule has 0 radical (unpaired) electrons. The SMILES string of the molecule is O=C(NN=Cc1ccc(-c2cccc(Br)c2)o1)C(=Cc1ccc2c(c1)OCO2)NC(=O)c1ccccc1. The number of amides is 2. The third-order valence-corrected chi connectivity index (χ3v) is 5.82. The normalized spacial score (nSPS) is 12.5. The van der Waals surface area contributed by atoms with Crippen LogP contribution in [0.25, 0.3) is 17.4 Å². The van der Waals surface area contributed by atoms with Crippen LogP contribution in [0.1, 0.15) is 21.7 Å². The molecular weight excluding hydrogens is 538 g/mol. The lowest BCUT2D eigenvalue weighted by Gasteiger charge is -2.09. The second-order valence-electron chi connectivity index (χ2n) is 7.90. The predicted octanol–water partition coefficient (Wildman–Crippen LogP) is 5.36. The summed E-state index contributed by atoms with van der Waals surface area (Å²) in [5.74, 6) is 1.23. The number of carbonyl (C=O) groups excluding carboxylic acids is 2. The molecule has 37 heavy (non-hydrogen) atoms. The van der Waals surface area contributed by atoms with Gasteiger partial charge in [0.2, 0.25) is 6.79 Å². The second-order valence-corrected chi connectivity index (χ2v) is 8.82. The molecule has 0 fully saturated rings. The average Bonchev–Trinajstić information content (AvgIpc) is 3.58. The Kier molecular flexibility index (Phi) is 7.14. The van der Waals surface area contributed by atoms with E-state index >= 15 is 0 Å². The molecule has 1 aliphatic heterocycles. The molecule has 0 unspecified atom stereocenters. The van der Waals surface area contributed by atoms with Gasteiger partial charge in [0.1, 0.15) is 17.2 Å². The molecule has 0 aliphatic carbocycles. The van der Waals surface area contributed by atoms with Crippen molar-refractivity contribution in [2.45, 2.75) is 0 Å². The smallest absolute Gasteiger partial charge is 0.287 e. The number of halogens is 1. The molecule has 184 valence electrons. The summed E-state index contributed by atoms with van der Waals surface area (Å²) in [5.41, 5.74) is 4.38. The highest BCUT2D eigenvalue weighted by molar-refractivity contribution is 9.10. The number of hydrazone groups is 1. The van der Waals surface area contributed by atoms with Crippen molar-refractivity contribution in [2.24, 2.45) is 5.10 Å². The lowest BCUT2D eigenvalue weighted by Crippen LogP contribution is -2.32. The van der Waals surface area contributed by atoms with Gasteiger partial charge in [0.25, 0.3) is 11.8 Å². The number of furan rings is 1. The third kappa shape index (κ3) is 5.96. The van der Waals surface area contributed by atoms with E-state index in [1.54, 1.807) is 54.6 Å². The van der Waals surface area contributed by atoms with Gasteiger partial charge in [-0.1, -0.05) is 52.3 Å². The number of nitrogens with zero attached hydrogens (tertiary/aromatic N) is 1. The minimum atomic E-state index is -0.614. The van der Waals surface area contributed by atoms with Gasteiger partial charge in [-0.3, -0.25) is 9.59 Å². The van der Waals surface area contributed by atoms with Crippen molar-refractivity contribution in [3.05, 3.63) is 112 Å². The highest BCUT2D eigenvalue weighted by Gasteiger charge is 2.17. The zero-order valence-electron chi connectivity index (χ0n) is 19.3. The van der Waals surface area contributed by atoms with Crippen molar-refractivity contribution < 1.29 is 23.5 Å². The Morgan fingerprint density at radius 1 is 0.892 bits per heavy atom. The number of rotatable bonds is 7. The van der Waals surface area contributed by atoms with E-state index < -0.39 is 11.8 Å². The molecule has 2 amide bonds. The molecule has 3 aromatic carbocycles. The van der Waals surface area contributed by atoms with Gasteiger partial charge in [0.05, 0.1) is 6.21 Å². The number of carbonyl (C=O) groups is 2. The van der Waals surface area contributed by atoms with Crippen LogP contribution in [0.15, 0.2) is 105 Å². The molecule has 0 spiro atoms. The zero-order valence-corrected chi connectivity index (χ0v) is 20.9. The second kappa shape index (κ2) is 11.0. The maximum Gasteiger partial charge on any atom is 0.287 e. The molecule has 9 heteroatoms. The molecule has 0 saturated heterocycles. The number of benzene rings is 3. The number of hydrogen-bond donors (Lipinski definition) is 2. The first kappa shape index (κ1) is 24.1. The summed E-state index contributed by atoms with van der Waals surface area (Å²) in [5, 5.41) is 6.67. The van der Waals surface area contributed by atoms with Crippen molar-refractivity contribution in [3.8, 4) is 22.8 Å². The maximum absolute atomic E-state index is 13.0. The maximum atomic E-state index is 13.0. The summed E-state index contributed by atoms with van der Waals surface area (Å²) in [6.45, 7) is 0.130. The molecule has 1 aliphatic rings. The van der Waals surface area contributed by atoms with Crippen molar-refractivity contribution in [3.63, 3.8) is 0 Å². The van der Waals surface area contributed by atoms with Crippen LogP contribution in [0.5, 0.6) is 11.5 Å². The van der Waals surface area contributed by atoms with Crippen LogP contribution in [0.4, 0.5) is 0 Å². The van der Waals surface area contributed by atoms with E-state index in [1.807, 2.05) is 30.3 Å².